The van der Waals surface area contributed by atoms with Gasteiger partial charge in [-0.2, -0.15) is 8.42 Å². The van der Waals surface area contributed by atoms with E-state index in [2.05, 4.69) is 29.3 Å². The molecule has 0 N–H and O–H groups in total. The lowest BCUT2D eigenvalue weighted by Crippen LogP contribution is -2.08. The van der Waals surface area contributed by atoms with Gasteiger partial charge in [-0.3, -0.25) is 4.18 Å². The fraction of sp³-hybridized carbons (Fsp3) is 0.647. The molecule has 1 unspecified atom stereocenters. The highest BCUT2D eigenvalue weighted by Gasteiger charge is 2.18. The topological polar surface area (TPSA) is 52.6 Å². The van der Waals surface area contributed by atoms with E-state index in [1.54, 1.807) is 7.11 Å². The Morgan fingerprint density at radius 2 is 2.00 bits per heavy atom. The summed E-state index contributed by atoms with van der Waals surface area (Å²) in [5, 5.41) is 0. The summed E-state index contributed by atoms with van der Waals surface area (Å²) in [6, 6.07) is 6.40. The van der Waals surface area contributed by atoms with Crippen molar-refractivity contribution in [3.8, 4) is 5.75 Å². The molecular weight excluding hydrogens is 300 g/mol. The number of ether oxygens (including phenoxy) is 1. The quantitative estimate of drug-likeness (QED) is 0.778. The molecule has 0 aromatic heterocycles. The van der Waals surface area contributed by atoms with Crippen LogP contribution in [-0.2, 0) is 20.7 Å². The lowest BCUT2D eigenvalue weighted by atomic mass is 9.83. The first-order valence-corrected chi connectivity index (χ1v) is 9.20. The molecule has 0 saturated heterocycles. The molecule has 22 heavy (non-hydrogen) atoms. The minimum atomic E-state index is -3.19. The lowest BCUT2D eigenvalue weighted by molar-refractivity contribution is 0.322. The maximum Gasteiger partial charge on any atom is 0.264 e. The van der Waals surface area contributed by atoms with Crippen LogP contribution in [0.2, 0.25) is 0 Å². The summed E-state index contributed by atoms with van der Waals surface area (Å²) in [6.07, 6.45) is 5.58. The zero-order valence-electron chi connectivity index (χ0n) is 13.4. The zero-order valence-corrected chi connectivity index (χ0v) is 14.2. The number of rotatable bonds is 4. The van der Waals surface area contributed by atoms with Gasteiger partial charge < -0.3 is 4.74 Å². The zero-order chi connectivity index (χ0) is 15.9. The Bertz CT molecular complexity index is 538. The highest BCUT2D eigenvalue weighted by Crippen LogP contribution is 2.35. The molecule has 1 aromatic carbocycles. The van der Waals surface area contributed by atoms with Crippen molar-refractivity contribution in [2.45, 2.75) is 52.9 Å². The Morgan fingerprint density at radius 3 is 2.50 bits per heavy atom. The monoisotopic (exact) mass is 330 g/mol. The van der Waals surface area contributed by atoms with E-state index in [0.29, 0.717) is 12.5 Å². The summed E-state index contributed by atoms with van der Waals surface area (Å²) in [6.45, 7) is 4.45. The number of methoxy groups -OCH3 is 1. The molecule has 1 aliphatic carbocycles. The van der Waals surface area contributed by atoms with Crippen molar-refractivity contribution in [2.75, 3.05) is 20.0 Å². The maximum absolute atomic E-state index is 10.2. The largest absolute Gasteiger partial charge is 0.496 e. The number of benzene rings is 1. The van der Waals surface area contributed by atoms with Crippen LogP contribution in [0.3, 0.4) is 0 Å². The molecule has 0 fully saturated rings. The van der Waals surface area contributed by atoms with Crippen molar-refractivity contribution in [1.82, 2.24) is 0 Å². The summed E-state index contributed by atoms with van der Waals surface area (Å²) in [7, 11) is -1.43. The van der Waals surface area contributed by atoms with E-state index in [1.165, 1.54) is 30.4 Å². The van der Waals surface area contributed by atoms with Crippen LogP contribution in [0.5, 0.6) is 5.75 Å². The third kappa shape index (κ3) is 6.79. The Balaban J connectivity index is 0.000000432. The number of hydrogen-bond acceptors (Lipinski definition) is 4. The molecule has 1 aliphatic rings. The summed E-state index contributed by atoms with van der Waals surface area (Å²) >= 11 is 0. The normalized spacial score (nSPS) is 16.6. The van der Waals surface area contributed by atoms with Gasteiger partial charge in [0.2, 0.25) is 0 Å². The third-order valence-corrected chi connectivity index (χ3v) is 4.08. The van der Waals surface area contributed by atoms with E-state index in [0.717, 1.165) is 18.4 Å². The summed E-state index contributed by atoms with van der Waals surface area (Å²) in [4.78, 5) is 0. The van der Waals surface area contributed by atoms with Gasteiger partial charge in [0.1, 0.15) is 5.75 Å². The van der Waals surface area contributed by atoms with Gasteiger partial charge in [-0.15, -0.1) is 0 Å². The lowest BCUT2D eigenvalue weighted by Gasteiger charge is -2.23. The predicted molar refractivity (Wildman–Crippen MR) is 92.2 cm³/mol. The van der Waals surface area contributed by atoms with Crippen molar-refractivity contribution in [2.24, 2.45) is 0 Å². The van der Waals surface area contributed by atoms with Crippen molar-refractivity contribution in [3.05, 3.63) is 29.3 Å². The predicted octanol–water partition coefficient (Wildman–Crippen LogP) is 4.14. The van der Waals surface area contributed by atoms with Gasteiger partial charge in [0.05, 0.1) is 20.0 Å². The van der Waals surface area contributed by atoms with Crippen molar-refractivity contribution in [1.29, 1.82) is 0 Å². The molecule has 0 heterocycles. The van der Waals surface area contributed by atoms with E-state index in [4.69, 9.17) is 4.74 Å². The van der Waals surface area contributed by atoms with Crippen LogP contribution in [0.15, 0.2) is 18.2 Å². The van der Waals surface area contributed by atoms with Gasteiger partial charge in [-0.1, -0.05) is 33.4 Å². The molecule has 0 spiro atoms. The first-order valence-electron chi connectivity index (χ1n) is 7.39. The van der Waals surface area contributed by atoms with Gasteiger partial charge in [-0.05, 0) is 48.8 Å². The SMILES string of the molecule is C.CCCOS(C)(=O)=O.COc1cccc2c1CCCC2C. The van der Waals surface area contributed by atoms with Gasteiger partial charge in [0.15, 0.2) is 0 Å². The molecule has 0 bridgehead atoms. The second kappa shape index (κ2) is 9.85. The van der Waals surface area contributed by atoms with Crippen LogP contribution in [0.1, 0.15) is 57.6 Å². The molecule has 0 radical (unpaired) electrons. The Morgan fingerprint density at radius 1 is 1.32 bits per heavy atom. The molecule has 5 heteroatoms. The average Bonchev–Trinajstić information content (AvgIpc) is 2.45. The van der Waals surface area contributed by atoms with Crippen LogP contribution in [0, 0.1) is 0 Å². The van der Waals surface area contributed by atoms with Crippen LogP contribution in [0.25, 0.3) is 0 Å². The van der Waals surface area contributed by atoms with Crippen LogP contribution < -0.4 is 4.74 Å². The highest BCUT2D eigenvalue weighted by atomic mass is 32.2. The Labute approximate surface area is 136 Å². The summed E-state index contributed by atoms with van der Waals surface area (Å²) in [5.74, 6) is 1.78. The van der Waals surface area contributed by atoms with Gasteiger partial charge in [-0.25, -0.2) is 0 Å². The van der Waals surface area contributed by atoms with Gasteiger partial charge >= 0.3 is 0 Å². The number of hydrogen-bond donors (Lipinski definition) is 0. The molecule has 0 amide bonds. The Kier molecular flexibility index (Phi) is 9.37. The summed E-state index contributed by atoms with van der Waals surface area (Å²) in [5.41, 5.74) is 2.93. The third-order valence-electron chi connectivity index (χ3n) is 3.49. The molecule has 4 nitrogen and oxygen atoms in total. The molecule has 1 aromatic rings. The first-order chi connectivity index (χ1) is 9.89. The fourth-order valence-corrected chi connectivity index (χ4v) is 2.95. The van der Waals surface area contributed by atoms with E-state index in [9.17, 15) is 8.42 Å². The Hall–Kier alpha value is -1.07. The smallest absolute Gasteiger partial charge is 0.264 e. The second-order valence-electron chi connectivity index (χ2n) is 5.35. The second-order valence-corrected chi connectivity index (χ2v) is 6.99. The van der Waals surface area contributed by atoms with Crippen LogP contribution >= 0.6 is 0 Å². The number of fused-ring (bicyclic) bond motifs is 1. The van der Waals surface area contributed by atoms with Crippen LogP contribution in [-0.4, -0.2) is 28.4 Å². The molecule has 128 valence electrons. The van der Waals surface area contributed by atoms with E-state index < -0.39 is 10.1 Å². The van der Waals surface area contributed by atoms with E-state index >= 15 is 0 Å². The van der Waals surface area contributed by atoms with E-state index in [1.807, 2.05) is 6.92 Å². The first kappa shape index (κ1) is 20.9. The maximum atomic E-state index is 10.2. The van der Waals surface area contributed by atoms with Crippen molar-refractivity contribution in [3.63, 3.8) is 0 Å². The molecule has 2 rings (SSSR count). The molecular formula is C17H30O4S. The standard InChI is InChI=1S/C12H16O.C4H10O3S.CH4/c1-9-5-3-7-11-10(9)6-4-8-12(11)13-2;1-3-4-7-8(2,5)6;/h4,6,8-9H,3,5,7H2,1-2H3;3-4H2,1-2H3;1H4. The fourth-order valence-electron chi connectivity index (χ4n) is 2.48. The summed E-state index contributed by atoms with van der Waals surface area (Å²) < 4.78 is 30.0. The minimum absolute atomic E-state index is 0. The molecule has 1 atom stereocenters. The van der Waals surface area contributed by atoms with Gasteiger partial charge in [0.25, 0.3) is 10.1 Å². The van der Waals surface area contributed by atoms with Crippen molar-refractivity contribution >= 4 is 10.1 Å². The minimum Gasteiger partial charge on any atom is -0.496 e. The van der Waals surface area contributed by atoms with Gasteiger partial charge in [0, 0.05) is 0 Å². The molecule has 0 aliphatic heterocycles. The average molecular weight is 330 g/mol. The van der Waals surface area contributed by atoms with Crippen LogP contribution in [0.4, 0.5) is 0 Å². The van der Waals surface area contributed by atoms with E-state index in [-0.39, 0.29) is 7.43 Å². The molecule has 0 saturated carbocycles. The van der Waals surface area contributed by atoms with Crippen molar-refractivity contribution < 1.29 is 17.3 Å². The highest BCUT2D eigenvalue weighted by molar-refractivity contribution is 7.85.